The normalized spacial score (nSPS) is 18.7. The number of halogens is 1. The maximum absolute atomic E-state index is 13.5. The summed E-state index contributed by atoms with van der Waals surface area (Å²) in [4.78, 5) is 42.5. The van der Waals surface area contributed by atoms with E-state index in [1.54, 1.807) is 18.2 Å². The van der Waals surface area contributed by atoms with E-state index in [2.05, 4.69) is 0 Å². The summed E-state index contributed by atoms with van der Waals surface area (Å²) in [5.74, 6) is -2.79. The molecule has 0 spiro atoms. The number of ketones is 2. The molecule has 0 aliphatic carbocycles. The molecule has 0 radical (unpaired) electrons. The minimum Gasteiger partial charge on any atom is -0.494 e. The summed E-state index contributed by atoms with van der Waals surface area (Å²) in [6.07, 6.45) is 0. The number of rotatable bonds is 8. The maximum atomic E-state index is 13.5. The molecule has 0 saturated carbocycles. The van der Waals surface area contributed by atoms with Crippen molar-refractivity contribution < 1.29 is 23.5 Å². The fraction of sp³-hybridized carbons (Fsp3) is 0.375. The SMILES string of the molecule is CCOc1ccc(C(=O)C2C(=O)C(=O)N(CCN(C)C)C2c2ccc(F)cc2)cc1C. The van der Waals surface area contributed by atoms with E-state index in [0.717, 1.165) is 5.56 Å². The van der Waals surface area contributed by atoms with E-state index in [1.165, 1.54) is 29.2 Å². The van der Waals surface area contributed by atoms with Crippen LogP contribution < -0.4 is 4.74 Å². The van der Waals surface area contributed by atoms with Gasteiger partial charge in [-0.3, -0.25) is 14.4 Å². The first-order valence-electron chi connectivity index (χ1n) is 10.3. The molecule has 1 fully saturated rings. The van der Waals surface area contributed by atoms with E-state index in [9.17, 15) is 18.8 Å². The predicted molar refractivity (Wildman–Crippen MR) is 115 cm³/mol. The van der Waals surface area contributed by atoms with Crippen molar-refractivity contribution in [3.63, 3.8) is 0 Å². The van der Waals surface area contributed by atoms with Crippen molar-refractivity contribution in [3.05, 3.63) is 65.0 Å². The molecule has 164 valence electrons. The van der Waals surface area contributed by atoms with Gasteiger partial charge in [-0.25, -0.2) is 4.39 Å². The summed E-state index contributed by atoms with van der Waals surface area (Å²) in [5.41, 5.74) is 1.67. The van der Waals surface area contributed by atoms with Crippen molar-refractivity contribution in [2.45, 2.75) is 19.9 Å². The first-order chi connectivity index (χ1) is 14.7. The smallest absolute Gasteiger partial charge is 0.291 e. The topological polar surface area (TPSA) is 66.9 Å². The number of hydrogen-bond acceptors (Lipinski definition) is 5. The molecule has 7 heteroatoms. The van der Waals surface area contributed by atoms with Crippen LogP contribution in [0, 0.1) is 18.7 Å². The van der Waals surface area contributed by atoms with Crippen LogP contribution in [0.2, 0.25) is 0 Å². The minimum absolute atomic E-state index is 0.283. The van der Waals surface area contributed by atoms with Crippen LogP contribution >= 0.6 is 0 Å². The van der Waals surface area contributed by atoms with Gasteiger partial charge in [0.25, 0.3) is 5.91 Å². The molecule has 31 heavy (non-hydrogen) atoms. The van der Waals surface area contributed by atoms with Gasteiger partial charge in [-0.2, -0.15) is 0 Å². The van der Waals surface area contributed by atoms with E-state index in [1.807, 2.05) is 32.8 Å². The Morgan fingerprint density at radius 1 is 1.13 bits per heavy atom. The zero-order valence-electron chi connectivity index (χ0n) is 18.2. The third kappa shape index (κ3) is 4.66. The minimum atomic E-state index is -1.18. The fourth-order valence-corrected chi connectivity index (χ4v) is 3.87. The Morgan fingerprint density at radius 2 is 1.81 bits per heavy atom. The number of hydrogen-bond donors (Lipinski definition) is 0. The monoisotopic (exact) mass is 426 g/mol. The van der Waals surface area contributed by atoms with Crippen molar-refractivity contribution in [2.24, 2.45) is 5.92 Å². The molecule has 2 aromatic rings. The number of carbonyl (C=O) groups excluding carboxylic acids is 3. The Bertz CT molecular complexity index is 988. The number of aryl methyl sites for hydroxylation is 1. The molecule has 2 unspecified atom stereocenters. The van der Waals surface area contributed by atoms with Gasteiger partial charge in [0.2, 0.25) is 5.78 Å². The summed E-state index contributed by atoms with van der Waals surface area (Å²) < 4.78 is 19.0. The standard InChI is InChI=1S/C24H27FN2O4/c1-5-31-19-11-8-17(14-15(19)2)22(28)20-21(16-6-9-18(25)10-7-16)27(13-12-26(3)4)24(30)23(20)29/h6-11,14,20-21H,5,12-13H2,1-4H3. The van der Waals surface area contributed by atoms with E-state index < -0.39 is 35.3 Å². The lowest BCUT2D eigenvalue weighted by Crippen LogP contribution is -2.36. The van der Waals surface area contributed by atoms with Gasteiger partial charge in [-0.1, -0.05) is 12.1 Å². The van der Waals surface area contributed by atoms with Gasteiger partial charge < -0.3 is 14.5 Å². The highest BCUT2D eigenvalue weighted by Gasteiger charge is 2.51. The second kappa shape index (κ2) is 9.39. The molecule has 1 saturated heterocycles. The van der Waals surface area contributed by atoms with Gasteiger partial charge in [0.05, 0.1) is 12.6 Å². The third-order valence-corrected chi connectivity index (χ3v) is 5.45. The first kappa shape index (κ1) is 22.6. The van der Waals surface area contributed by atoms with Crippen molar-refractivity contribution in [3.8, 4) is 5.75 Å². The lowest BCUT2D eigenvalue weighted by molar-refractivity contribution is -0.140. The number of amides is 1. The lowest BCUT2D eigenvalue weighted by atomic mass is 9.86. The summed E-state index contributed by atoms with van der Waals surface area (Å²) in [7, 11) is 3.72. The van der Waals surface area contributed by atoms with Crippen LogP contribution in [0.5, 0.6) is 5.75 Å². The van der Waals surface area contributed by atoms with Crippen LogP contribution in [0.25, 0.3) is 0 Å². The molecule has 2 aromatic carbocycles. The average Bonchev–Trinajstić information content (AvgIpc) is 2.98. The number of ether oxygens (including phenoxy) is 1. The number of carbonyl (C=O) groups is 3. The molecule has 1 aliphatic heterocycles. The second-order valence-corrected chi connectivity index (χ2v) is 7.92. The fourth-order valence-electron chi connectivity index (χ4n) is 3.87. The molecule has 0 N–H and O–H groups in total. The number of likely N-dealkylation sites (N-methyl/N-ethyl adjacent to an activating group) is 1. The van der Waals surface area contributed by atoms with Crippen molar-refractivity contribution >= 4 is 17.5 Å². The molecule has 1 amide bonds. The van der Waals surface area contributed by atoms with Gasteiger partial charge in [0.15, 0.2) is 5.78 Å². The number of benzene rings is 2. The van der Waals surface area contributed by atoms with Crippen molar-refractivity contribution in [2.75, 3.05) is 33.8 Å². The van der Waals surface area contributed by atoms with Crippen LogP contribution in [0.4, 0.5) is 4.39 Å². The quantitative estimate of drug-likeness (QED) is 0.369. The molecule has 2 atom stereocenters. The van der Waals surface area contributed by atoms with Crippen molar-refractivity contribution in [1.29, 1.82) is 0 Å². The van der Waals surface area contributed by atoms with Gasteiger partial charge in [0, 0.05) is 18.7 Å². The van der Waals surface area contributed by atoms with Gasteiger partial charge in [-0.15, -0.1) is 0 Å². The highest BCUT2D eigenvalue weighted by atomic mass is 19.1. The van der Waals surface area contributed by atoms with Crippen LogP contribution in [-0.2, 0) is 9.59 Å². The van der Waals surface area contributed by atoms with Crippen LogP contribution in [0.15, 0.2) is 42.5 Å². The summed E-state index contributed by atoms with van der Waals surface area (Å²) >= 11 is 0. The number of likely N-dealkylation sites (tertiary alicyclic amines) is 1. The Balaban J connectivity index is 2.01. The highest BCUT2D eigenvalue weighted by Crippen LogP contribution is 2.38. The van der Waals surface area contributed by atoms with Gasteiger partial charge in [0.1, 0.15) is 17.5 Å². The number of Topliss-reactive ketones (excluding diaryl/α,β-unsaturated/α-hetero) is 2. The summed E-state index contributed by atoms with van der Waals surface area (Å²) in [6.45, 7) is 5.00. The van der Waals surface area contributed by atoms with Crippen molar-refractivity contribution in [1.82, 2.24) is 9.80 Å². The first-order valence-corrected chi connectivity index (χ1v) is 10.3. The lowest BCUT2D eigenvalue weighted by Gasteiger charge is -2.28. The summed E-state index contributed by atoms with van der Waals surface area (Å²) in [5, 5.41) is 0. The van der Waals surface area contributed by atoms with Gasteiger partial charge >= 0.3 is 0 Å². The third-order valence-electron chi connectivity index (χ3n) is 5.45. The van der Waals surface area contributed by atoms with E-state index >= 15 is 0 Å². The van der Waals surface area contributed by atoms with Crippen LogP contribution in [0.3, 0.4) is 0 Å². The average molecular weight is 426 g/mol. The highest BCUT2D eigenvalue weighted by molar-refractivity contribution is 6.44. The number of nitrogens with zero attached hydrogens (tertiary/aromatic N) is 2. The molecule has 0 bridgehead atoms. The zero-order chi connectivity index (χ0) is 22.7. The van der Waals surface area contributed by atoms with Crippen LogP contribution in [0.1, 0.15) is 34.5 Å². The molecule has 1 aliphatic rings. The second-order valence-electron chi connectivity index (χ2n) is 7.92. The Labute approximate surface area is 181 Å². The van der Waals surface area contributed by atoms with Crippen LogP contribution in [-0.4, -0.2) is 61.1 Å². The molecule has 6 nitrogen and oxygen atoms in total. The Kier molecular flexibility index (Phi) is 6.85. The predicted octanol–water partition coefficient (Wildman–Crippen LogP) is 3.05. The molecule has 0 aromatic heterocycles. The largest absolute Gasteiger partial charge is 0.494 e. The molecular formula is C24H27FN2O4. The zero-order valence-corrected chi connectivity index (χ0v) is 18.2. The van der Waals surface area contributed by atoms with E-state index in [4.69, 9.17) is 4.74 Å². The van der Waals surface area contributed by atoms with E-state index in [-0.39, 0.29) is 6.54 Å². The Hall–Kier alpha value is -3.06. The Morgan fingerprint density at radius 3 is 2.39 bits per heavy atom. The molecular weight excluding hydrogens is 399 g/mol. The molecule has 3 rings (SSSR count). The summed E-state index contributed by atoms with van der Waals surface area (Å²) in [6, 6.07) is 9.81. The van der Waals surface area contributed by atoms with Gasteiger partial charge in [-0.05, 0) is 69.4 Å². The maximum Gasteiger partial charge on any atom is 0.291 e. The van der Waals surface area contributed by atoms with E-state index in [0.29, 0.717) is 30.0 Å². The molecule has 1 heterocycles.